The predicted octanol–water partition coefficient (Wildman–Crippen LogP) is 12.8. The van der Waals surface area contributed by atoms with Crippen LogP contribution in [0.1, 0.15) is 0 Å². The van der Waals surface area contributed by atoms with Crippen LogP contribution in [0.4, 0.5) is 17.1 Å². The Bertz CT molecular complexity index is 2470. The van der Waals surface area contributed by atoms with Gasteiger partial charge in [-0.05, 0) is 64.7 Å². The first-order valence-corrected chi connectivity index (χ1v) is 16.0. The number of para-hydroxylation sites is 2. The lowest BCUT2D eigenvalue weighted by molar-refractivity contribution is 0.669. The van der Waals surface area contributed by atoms with Crippen LogP contribution in [-0.4, -0.2) is 0 Å². The Labute approximate surface area is 265 Å². The largest absolute Gasteiger partial charge is 0.454 e. The highest BCUT2D eigenvalue weighted by molar-refractivity contribution is 7.26. The summed E-state index contributed by atoms with van der Waals surface area (Å²) in [6, 6.07) is 58.2. The van der Waals surface area contributed by atoms with E-state index in [1.165, 1.54) is 47.8 Å². The average Bonchev–Trinajstić information content (AvgIpc) is 3.68. The molecule has 0 saturated heterocycles. The smallest absolute Gasteiger partial charge is 0.160 e. The Morgan fingerprint density at radius 2 is 1.04 bits per heavy atom. The molecule has 0 radical (unpaired) electrons. The van der Waals surface area contributed by atoms with Crippen molar-refractivity contribution in [3.05, 3.63) is 164 Å². The van der Waals surface area contributed by atoms with Crippen molar-refractivity contribution in [1.82, 2.24) is 0 Å². The standard InChI is InChI=1S/C42H27NOS/c1-3-13-28(14-4-1)32-17-7-8-18-33(32)29-23-25-31(26-24-29)43(30-15-5-2-6-16-30)37-27-36-34-19-10-12-22-39(34)45-42(36)40-35-20-9-11-21-38(35)44-41(37)40/h1-27H. The lowest BCUT2D eigenvalue weighted by atomic mass is 9.94. The zero-order valence-electron chi connectivity index (χ0n) is 24.4. The van der Waals surface area contributed by atoms with Crippen LogP contribution in [0, 0.1) is 0 Å². The molecule has 2 aromatic heterocycles. The van der Waals surface area contributed by atoms with Gasteiger partial charge in [0.15, 0.2) is 5.58 Å². The third kappa shape index (κ3) is 4.24. The molecule has 0 bridgehead atoms. The van der Waals surface area contributed by atoms with E-state index >= 15 is 0 Å². The topological polar surface area (TPSA) is 16.4 Å². The zero-order valence-corrected chi connectivity index (χ0v) is 25.2. The molecule has 0 aliphatic rings. The molecule has 212 valence electrons. The molecule has 0 unspecified atom stereocenters. The molecule has 0 N–H and O–H groups in total. The van der Waals surface area contributed by atoms with Crippen LogP contribution >= 0.6 is 11.3 Å². The fourth-order valence-electron chi connectivity index (χ4n) is 6.61. The van der Waals surface area contributed by atoms with Gasteiger partial charge in [-0.15, -0.1) is 11.3 Å². The molecule has 0 aliphatic heterocycles. The summed E-state index contributed by atoms with van der Waals surface area (Å²) in [5.74, 6) is 0. The molecule has 0 saturated carbocycles. The monoisotopic (exact) mass is 593 g/mol. The quantitative estimate of drug-likeness (QED) is 0.197. The Balaban J connectivity index is 1.28. The lowest BCUT2D eigenvalue weighted by Gasteiger charge is -2.26. The van der Waals surface area contributed by atoms with Gasteiger partial charge >= 0.3 is 0 Å². The Kier molecular flexibility index (Phi) is 6.03. The van der Waals surface area contributed by atoms with Crippen molar-refractivity contribution in [2.45, 2.75) is 0 Å². The minimum Gasteiger partial charge on any atom is -0.454 e. The summed E-state index contributed by atoms with van der Waals surface area (Å²) < 4.78 is 9.28. The zero-order chi connectivity index (χ0) is 29.7. The second kappa shape index (κ2) is 10.5. The molecular formula is C42H27NOS. The maximum absolute atomic E-state index is 6.73. The van der Waals surface area contributed by atoms with E-state index in [4.69, 9.17) is 4.42 Å². The van der Waals surface area contributed by atoms with Crippen molar-refractivity contribution < 1.29 is 4.42 Å². The van der Waals surface area contributed by atoms with E-state index < -0.39 is 0 Å². The van der Waals surface area contributed by atoms with Crippen LogP contribution in [-0.2, 0) is 0 Å². The number of anilines is 3. The Morgan fingerprint density at radius 1 is 0.467 bits per heavy atom. The SMILES string of the molecule is c1ccc(-c2ccccc2-c2ccc(N(c3ccccc3)c3cc4c5ccccc5sc4c4c3oc3ccccc34)cc2)cc1. The summed E-state index contributed by atoms with van der Waals surface area (Å²) in [5, 5.41) is 4.84. The minimum atomic E-state index is 0.901. The lowest BCUT2D eigenvalue weighted by Crippen LogP contribution is -2.10. The van der Waals surface area contributed by atoms with Gasteiger partial charge in [0.2, 0.25) is 0 Å². The van der Waals surface area contributed by atoms with E-state index in [0.717, 1.165) is 33.6 Å². The van der Waals surface area contributed by atoms with Crippen molar-refractivity contribution in [3.63, 3.8) is 0 Å². The van der Waals surface area contributed by atoms with Gasteiger partial charge in [0, 0.05) is 42.3 Å². The van der Waals surface area contributed by atoms with E-state index in [0.29, 0.717) is 0 Å². The fourth-order valence-corrected chi connectivity index (χ4v) is 7.85. The molecule has 0 amide bonds. The van der Waals surface area contributed by atoms with Crippen LogP contribution < -0.4 is 4.90 Å². The van der Waals surface area contributed by atoms with E-state index in [2.05, 4.69) is 163 Å². The molecule has 0 fully saturated rings. The first-order chi connectivity index (χ1) is 22.3. The van der Waals surface area contributed by atoms with E-state index in [9.17, 15) is 0 Å². The van der Waals surface area contributed by atoms with E-state index in [1.54, 1.807) is 0 Å². The summed E-state index contributed by atoms with van der Waals surface area (Å²) in [7, 11) is 0. The molecule has 3 heteroatoms. The average molecular weight is 594 g/mol. The van der Waals surface area contributed by atoms with Crippen LogP contribution in [0.3, 0.4) is 0 Å². The van der Waals surface area contributed by atoms with Crippen molar-refractivity contribution in [2.24, 2.45) is 0 Å². The van der Waals surface area contributed by atoms with Crippen LogP contribution in [0.15, 0.2) is 168 Å². The van der Waals surface area contributed by atoms with E-state index in [1.807, 2.05) is 17.4 Å². The number of hydrogen-bond donors (Lipinski definition) is 0. The first kappa shape index (κ1) is 25.8. The number of hydrogen-bond acceptors (Lipinski definition) is 3. The minimum absolute atomic E-state index is 0.901. The van der Waals surface area contributed by atoms with Gasteiger partial charge in [-0.25, -0.2) is 0 Å². The highest BCUT2D eigenvalue weighted by Crippen LogP contribution is 2.49. The van der Waals surface area contributed by atoms with Crippen molar-refractivity contribution in [3.8, 4) is 22.3 Å². The molecule has 2 nitrogen and oxygen atoms in total. The summed E-state index contributed by atoms with van der Waals surface area (Å²) >= 11 is 1.84. The Hall–Kier alpha value is -5.64. The van der Waals surface area contributed by atoms with Gasteiger partial charge in [0.25, 0.3) is 0 Å². The fraction of sp³-hybridized carbons (Fsp3) is 0. The van der Waals surface area contributed by atoms with Crippen LogP contribution in [0.2, 0.25) is 0 Å². The number of nitrogens with zero attached hydrogens (tertiary/aromatic N) is 1. The molecule has 45 heavy (non-hydrogen) atoms. The van der Waals surface area contributed by atoms with Gasteiger partial charge in [0.05, 0.1) is 5.69 Å². The highest BCUT2D eigenvalue weighted by atomic mass is 32.1. The molecule has 0 spiro atoms. The maximum atomic E-state index is 6.73. The predicted molar refractivity (Wildman–Crippen MR) is 192 cm³/mol. The first-order valence-electron chi connectivity index (χ1n) is 15.2. The second-order valence-corrected chi connectivity index (χ2v) is 12.4. The third-order valence-electron chi connectivity index (χ3n) is 8.67. The third-order valence-corrected chi connectivity index (χ3v) is 9.88. The van der Waals surface area contributed by atoms with Gasteiger partial charge in [-0.1, -0.05) is 121 Å². The number of furan rings is 1. The molecule has 7 aromatic carbocycles. The van der Waals surface area contributed by atoms with E-state index in [-0.39, 0.29) is 0 Å². The molecule has 0 atom stereocenters. The molecular weight excluding hydrogens is 567 g/mol. The number of thiophene rings is 1. The summed E-state index contributed by atoms with van der Waals surface area (Å²) in [6.07, 6.45) is 0. The Morgan fingerprint density at radius 3 is 1.80 bits per heavy atom. The summed E-state index contributed by atoms with van der Waals surface area (Å²) in [5.41, 5.74) is 9.82. The van der Waals surface area contributed by atoms with Gasteiger partial charge in [0.1, 0.15) is 5.58 Å². The molecule has 9 aromatic rings. The van der Waals surface area contributed by atoms with Crippen LogP contribution in [0.25, 0.3) is 64.4 Å². The summed E-state index contributed by atoms with van der Waals surface area (Å²) in [4.78, 5) is 2.34. The van der Waals surface area contributed by atoms with Crippen molar-refractivity contribution >= 4 is 70.5 Å². The van der Waals surface area contributed by atoms with Gasteiger partial charge < -0.3 is 9.32 Å². The maximum Gasteiger partial charge on any atom is 0.160 e. The number of benzene rings is 7. The van der Waals surface area contributed by atoms with Crippen molar-refractivity contribution in [1.29, 1.82) is 0 Å². The number of fused-ring (bicyclic) bond motifs is 7. The highest BCUT2D eigenvalue weighted by Gasteiger charge is 2.23. The van der Waals surface area contributed by atoms with Gasteiger partial charge in [-0.3, -0.25) is 0 Å². The molecule has 0 aliphatic carbocycles. The second-order valence-electron chi connectivity index (χ2n) is 11.3. The molecule has 2 heterocycles. The van der Waals surface area contributed by atoms with Crippen LogP contribution in [0.5, 0.6) is 0 Å². The molecule has 9 rings (SSSR count). The normalized spacial score (nSPS) is 11.6. The summed E-state index contributed by atoms with van der Waals surface area (Å²) in [6.45, 7) is 0. The van der Waals surface area contributed by atoms with Gasteiger partial charge in [-0.2, -0.15) is 0 Å². The number of rotatable bonds is 5. The van der Waals surface area contributed by atoms with Crippen molar-refractivity contribution in [2.75, 3.05) is 4.90 Å².